The molecule has 0 unspecified atom stereocenters. The van der Waals surface area contributed by atoms with E-state index in [0.717, 1.165) is 41.7 Å². The summed E-state index contributed by atoms with van der Waals surface area (Å²) >= 11 is 0. The Bertz CT molecular complexity index is 1680. The number of piperidine rings is 1. The second-order valence-electron chi connectivity index (χ2n) is 11.4. The molecule has 1 spiro atoms. The van der Waals surface area contributed by atoms with Gasteiger partial charge in [0.2, 0.25) is 5.82 Å². The van der Waals surface area contributed by atoms with E-state index in [2.05, 4.69) is 21.1 Å². The number of imidazole rings is 1. The summed E-state index contributed by atoms with van der Waals surface area (Å²) in [5, 5.41) is 4.15. The molecule has 0 amide bonds. The number of nitrogens with zero attached hydrogens (tertiary/aromatic N) is 4. The normalized spacial score (nSPS) is 19.1. The Hall–Kier alpha value is -3.76. The highest BCUT2D eigenvalue weighted by Crippen LogP contribution is 2.56. The van der Waals surface area contributed by atoms with Gasteiger partial charge >= 0.3 is 12.4 Å². The Morgan fingerprint density at radius 2 is 1.66 bits per heavy atom. The Kier molecular flexibility index (Phi) is 5.66. The molecule has 41 heavy (non-hydrogen) atoms. The first-order valence-corrected chi connectivity index (χ1v) is 13.6. The Morgan fingerprint density at radius 3 is 2.32 bits per heavy atom. The predicted molar refractivity (Wildman–Crippen MR) is 140 cm³/mol. The molecule has 7 rings (SSSR count). The third-order valence-corrected chi connectivity index (χ3v) is 8.68. The van der Waals surface area contributed by atoms with Gasteiger partial charge in [-0.05, 0) is 68.2 Å². The van der Waals surface area contributed by atoms with Crippen molar-refractivity contribution >= 4 is 16.8 Å². The lowest BCUT2D eigenvalue weighted by Gasteiger charge is -2.47. The number of pyridine rings is 1. The zero-order valence-electron chi connectivity index (χ0n) is 22.1. The predicted octanol–water partition coefficient (Wildman–Crippen LogP) is 8.29. The maximum absolute atomic E-state index is 13.8. The minimum absolute atomic E-state index is 0.0191. The monoisotopic (exact) mass is 572 g/mol. The summed E-state index contributed by atoms with van der Waals surface area (Å²) in [5.41, 5.74) is 2.50. The first-order valence-electron chi connectivity index (χ1n) is 13.6. The molecule has 1 aliphatic heterocycles. The van der Waals surface area contributed by atoms with E-state index in [4.69, 9.17) is 4.52 Å². The van der Waals surface area contributed by atoms with E-state index < -0.39 is 23.7 Å². The number of aromatic nitrogens is 3. The van der Waals surface area contributed by atoms with Gasteiger partial charge in [-0.15, -0.1) is 0 Å². The molecule has 4 aromatic rings. The number of fused-ring (bicyclic) bond motifs is 1. The van der Waals surface area contributed by atoms with Crippen LogP contribution in [0.25, 0.3) is 22.3 Å². The Balaban J connectivity index is 1.16. The van der Waals surface area contributed by atoms with Gasteiger partial charge in [-0.2, -0.15) is 26.3 Å². The molecule has 5 nitrogen and oxygen atoms in total. The lowest BCUT2D eigenvalue weighted by atomic mass is 9.63. The highest BCUT2D eigenvalue weighted by Gasteiger charge is 2.45. The third-order valence-electron chi connectivity index (χ3n) is 8.68. The number of anilines is 1. The van der Waals surface area contributed by atoms with Crippen LogP contribution < -0.4 is 4.90 Å². The van der Waals surface area contributed by atoms with Gasteiger partial charge < -0.3 is 9.42 Å². The minimum Gasteiger partial charge on any atom is -0.370 e. The fourth-order valence-electron chi connectivity index (χ4n) is 6.39. The fourth-order valence-corrected chi connectivity index (χ4v) is 6.39. The maximum atomic E-state index is 13.8. The van der Waals surface area contributed by atoms with Crippen molar-refractivity contribution in [2.45, 2.75) is 57.3 Å². The Labute approximate surface area is 231 Å². The molecule has 1 saturated heterocycles. The van der Waals surface area contributed by atoms with Gasteiger partial charge in [0.25, 0.3) is 0 Å². The number of benzene rings is 1. The van der Waals surface area contributed by atoms with Crippen molar-refractivity contribution in [3.05, 3.63) is 77.1 Å². The molecule has 0 N–H and O–H groups in total. The smallest absolute Gasteiger partial charge is 0.370 e. The maximum Gasteiger partial charge on any atom is 0.450 e. The standard InChI is InChI=1S/C30H26F6N4O/c1-17-23-9-8-20(16-40(23)27(37-17)30(34,35)36)39-12-10-28(11-13-39)14-19(15-28)24-25(38-41-26(24)18-6-7-18)21-4-2-3-5-22(21)29(31,32)33/h2-5,8-9,14,16,18H,6-7,10-13,15H2,1H3. The second-order valence-corrected chi connectivity index (χ2v) is 11.4. The van der Waals surface area contributed by atoms with Crippen LogP contribution in [-0.4, -0.2) is 27.6 Å². The van der Waals surface area contributed by atoms with Crippen molar-refractivity contribution < 1.29 is 30.9 Å². The fraction of sp³-hybridized carbons (Fsp3) is 0.400. The molecule has 1 aromatic carbocycles. The molecule has 11 heteroatoms. The van der Waals surface area contributed by atoms with Crippen LogP contribution in [0, 0.1) is 12.3 Å². The zero-order chi connectivity index (χ0) is 28.7. The number of alkyl halides is 6. The summed E-state index contributed by atoms with van der Waals surface area (Å²) in [6, 6.07) is 8.95. The summed E-state index contributed by atoms with van der Waals surface area (Å²) in [7, 11) is 0. The SMILES string of the molecule is Cc1nc(C(F)(F)F)n2cc(N3CCC4(C=C(c5c(-c6ccccc6C(F)(F)F)noc5C5CC5)C4)CC3)ccc12. The van der Waals surface area contributed by atoms with Crippen LogP contribution in [0.4, 0.5) is 32.0 Å². The molecule has 1 saturated carbocycles. The van der Waals surface area contributed by atoms with E-state index >= 15 is 0 Å². The summed E-state index contributed by atoms with van der Waals surface area (Å²) < 4.78 is 88.9. The molecule has 214 valence electrons. The van der Waals surface area contributed by atoms with Crippen molar-refractivity contribution in [1.29, 1.82) is 0 Å². The summed E-state index contributed by atoms with van der Waals surface area (Å²) in [6.07, 6.45) is -1.32. The molecular weight excluding hydrogens is 546 g/mol. The van der Waals surface area contributed by atoms with Crippen LogP contribution in [0.1, 0.15) is 66.4 Å². The lowest BCUT2D eigenvalue weighted by Crippen LogP contribution is -2.42. The van der Waals surface area contributed by atoms with E-state index in [1.54, 1.807) is 19.1 Å². The van der Waals surface area contributed by atoms with Gasteiger partial charge in [-0.1, -0.05) is 29.4 Å². The van der Waals surface area contributed by atoms with Crippen LogP contribution in [-0.2, 0) is 12.4 Å². The number of rotatable bonds is 4. The van der Waals surface area contributed by atoms with Gasteiger partial charge in [-0.25, -0.2) is 4.98 Å². The van der Waals surface area contributed by atoms with Gasteiger partial charge in [0, 0.05) is 36.3 Å². The number of allylic oxidation sites excluding steroid dienone is 2. The van der Waals surface area contributed by atoms with E-state index in [-0.39, 0.29) is 22.6 Å². The Morgan fingerprint density at radius 1 is 0.951 bits per heavy atom. The number of aryl methyl sites for hydroxylation is 1. The van der Waals surface area contributed by atoms with E-state index in [0.29, 0.717) is 47.7 Å². The molecule has 2 fully saturated rings. The summed E-state index contributed by atoms with van der Waals surface area (Å²) in [5.74, 6) is -0.0955. The van der Waals surface area contributed by atoms with Crippen LogP contribution >= 0.6 is 0 Å². The van der Waals surface area contributed by atoms with Crippen molar-refractivity contribution in [3.8, 4) is 11.3 Å². The van der Waals surface area contributed by atoms with Crippen LogP contribution in [0.15, 0.2) is 53.2 Å². The first kappa shape index (κ1) is 26.2. The van der Waals surface area contributed by atoms with Crippen LogP contribution in [0.2, 0.25) is 0 Å². The van der Waals surface area contributed by atoms with Gasteiger partial charge in [0.05, 0.1) is 22.5 Å². The average molecular weight is 573 g/mol. The first-order chi connectivity index (χ1) is 19.4. The average Bonchev–Trinajstić information content (AvgIpc) is 3.57. The topological polar surface area (TPSA) is 46.6 Å². The molecule has 3 aliphatic rings. The van der Waals surface area contributed by atoms with Crippen LogP contribution in [0.5, 0.6) is 0 Å². The van der Waals surface area contributed by atoms with Gasteiger partial charge in [-0.3, -0.25) is 4.40 Å². The van der Waals surface area contributed by atoms with Crippen molar-refractivity contribution in [2.75, 3.05) is 18.0 Å². The van der Waals surface area contributed by atoms with E-state index in [1.165, 1.54) is 18.3 Å². The van der Waals surface area contributed by atoms with E-state index in [1.807, 2.05) is 6.07 Å². The second kappa shape index (κ2) is 8.87. The molecule has 0 bridgehead atoms. The highest BCUT2D eigenvalue weighted by molar-refractivity contribution is 5.85. The van der Waals surface area contributed by atoms with E-state index in [9.17, 15) is 26.3 Å². The van der Waals surface area contributed by atoms with Gasteiger partial charge in [0.15, 0.2) is 0 Å². The number of halogens is 6. The molecule has 3 aromatic heterocycles. The minimum atomic E-state index is -4.56. The summed E-state index contributed by atoms with van der Waals surface area (Å²) in [6.45, 7) is 2.85. The quantitative estimate of drug-likeness (QED) is 0.231. The largest absolute Gasteiger partial charge is 0.450 e. The van der Waals surface area contributed by atoms with Crippen LogP contribution in [0.3, 0.4) is 0 Å². The molecule has 4 heterocycles. The third kappa shape index (κ3) is 4.40. The molecule has 2 aliphatic carbocycles. The number of hydrogen-bond donors (Lipinski definition) is 0. The van der Waals surface area contributed by atoms with Gasteiger partial charge in [0.1, 0.15) is 11.5 Å². The molecule has 0 radical (unpaired) electrons. The number of hydrogen-bond acceptors (Lipinski definition) is 4. The highest BCUT2D eigenvalue weighted by atomic mass is 19.4. The zero-order valence-corrected chi connectivity index (χ0v) is 22.1. The lowest BCUT2D eigenvalue weighted by molar-refractivity contribution is -0.145. The summed E-state index contributed by atoms with van der Waals surface area (Å²) in [4.78, 5) is 5.81. The van der Waals surface area contributed by atoms with Crippen molar-refractivity contribution in [2.24, 2.45) is 5.41 Å². The van der Waals surface area contributed by atoms with Crippen molar-refractivity contribution in [1.82, 2.24) is 14.5 Å². The van der Waals surface area contributed by atoms with Crippen molar-refractivity contribution in [3.63, 3.8) is 0 Å². The molecule has 0 atom stereocenters. The molecular formula is C30H26F6N4O.